The Hall–Kier alpha value is -2.48. The molecule has 2 atom stereocenters. The van der Waals surface area contributed by atoms with E-state index in [1.165, 1.54) is 12.1 Å². The maximum atomic E-state index is 12.9. The highest BCUT2D eigenvalue weighted by Gasteiger charge is 2.58. The van der Waals surface area contributed by atoms with E-state index < -0.39 is 45.3 Å². The molecule has 2 N–H and O–H groups in total. The molecule has 0 bridgehead atoms. The van der Waals surface area contributed by atoms with Crippen LogP contribution in [0.3, 0.4) is 0 Å². The number of sulfonamides is 1. The van der Waals surface area contributed by atoms with Gasteiger partial charge in [-0.3, -0.25) is 5.01 Å². The van der Waals surface area contributed by atoms with Gasteiger partial charge in [0.25, 0.3) is 0 Å². The Morgan fingerprint density at radius 1 is 1.13 bits per heavy atom. The van der Waals surface area contributed by atoms with Crippen molar-refractivity contribution in [3.8, 4) is 5.75 Å². The lowest BCUT2D eigenvalue weighted by Gasteiger charge is -2.22. The number of allylic oxidation sites excluding steroid dienone is 3. The third-order valence-electron chi connectivity index (χ3n) is 6.69. The number of hydrogen-bond donors (Lipinski definition) is 2. The molecule has 0 amide bonds. The van der Waals surface area contributed by atoms with Crippen LogP contribution in [0.1, 0.15) is 25.3 Å². The van der Waals surface area contributed by atoms with Crippen LogP contribution in [0.5, 0.6) is 5.75 Å². The molecule has 5 rings (SSSR count). The van der Waals surface area contributed by atoms with E-state index in [0.717, 1.165) is 28.9 Å². The Morgan fingerprint density at radius 2 is 1.79 bits per heavy atom. The summed E-state index contributed by atoms with van der Waals surface area (Å²) in [6, 6.07) is 3.67. The molecule has 1 aromatic carbocycles. The van der Waals surface area contributed by atoms with Gasteiger partial charge in [-0.15, -0.1) is 0 Å². The minimum atomic E-state index is -4.84. The topological polar surface area (TPSA) is 70.7 Å². The van der Waals surface area contributed by atoms with Crippen LogP contribution in [0, 0.1) is 5.92 Å². The van der Waals surface area contributed by atoms with Gasteiger partial charge in [0.1, 0.15) is 10.8 Å². The molecule has 0 spiro atoms. The lowest BCUT2D eigenvalue weighted by atomic mass is 9.98. The van der Waals surface area contributed by atoms with Crippen LogP contribution in [0.15, 0.2) is 70.1 Å². The number of ether oxygens (including phenoxy) is 1. The predicted molar refractivity (Wildman–Crippen MR) is 127 cm³/mol. The van der Waals surface area contributed by atoms with Crippen LogP contribution < -0.4 is 14.9 Å². The molecule has 1 aliphatic heterocycles. The maximum Gasteiger partial charge on any atom is 0.416 e. The second-order valence-corrected chi connectivity index (χ2v) is 11.6. The normalized spacial score (nSPS) is 24.5. The molecule has 1 saturated carbocycles. The fraction of sp³-hybridized carbons (Fsp3) is 0.417. The van der Waals surface area contributed by atoms with E-state index in [9.17, 15) is 34.8 Å². The van der Waals surface area contributed by atoms with Crippen LogP contribution in [-0.4, -0.2) is 43.5 Å². The number of halogens is 7. The molecule has 1 fully saturated rings. The largest absolute Gasteiger partial charge is 0.438 e. The molecule has 1 aromatic rings. The van der Waals surface area contributed by atoms with Gasteiger partial charge in [0.2, 0.25) is 15.9 Å². The van der Waals surface area contributed by atoms with E-state index >= 15 is 0 Å². The predicted octanol–water partition coefficient (Wildman–Crippen LogP) is 5.14. The van der Waals surface area contributed by atoms with E-state index in [2.05, 4.69) is 10.1 Å². The monoisotopic (exact) mass is 581 g/mol. The third kappa shape index (κ3) is 5.33. The van der Waals surface area contributed by atoms with E-state index in [4.69, 9.17) is 16.3 Å². The molecular weight excluding hydrogens is 560 g/mol. The van der Waals surface area contributed by atoms with E-state index in [1.807, 2.05) is 13.0 Å². The molecule has 0 aromatic heterocycles. The van der Waals surface area contributed by atoms with Crippen molar-refractivity contribution in [2.75, 3.05) is 12.3 Å². The first kappa shape index (κ1) is 27.1. The number of alkyl halides is 6. The van der Waals surface area contributed by atoms with Crippen LogP contribution >= 0.6 is 11.6 Å². The van der Waals surface area contributed by atoms with E-state index in [0.29, 0.717) is 19.4 Å². The Balaban J connectivity index is 1.31. The number of nitrogens with zero attached hydrogens (tertiary/aromatic N) is 1. The van der Waals surface area contributed by atoms with Crippen LogP contribution in [-0.2, 0) is 16.2 Å². The molecule has 1 heterocycles. The van der Waals surface area contributed by atoms with E-state index in [1.54, 1.807) is 17.2 Å². The Bertz CT molecular complexity index is 1380. The molecule has 0 radical (unpaired) electrons. The van der Waals surface area contributed by atoms with Gasteiger partial charge in [-0.2, -0.15) is 26.3 Å². The highest BCUT2D eigenvalue weighted by Crippen LogP contribution is 2.59. The van der Waals surface area contributed by atoms with Crippen LogP contribution in [0.4, 0.5) is 26.3 Å². The smallest absolute Gasteiger partial charge is 0.416 e. The minimum absolute atomic E-state index is 0.162. The average molecular weight is 582 g/mol. The zero-order valence-corrected chi connectivity index (χ0v) is 21.3. The molecule has 1 unspecified atom stereocenters. The van der Waals surface area contributed by atoms with Crippen molar-refractivity contribution in [3.05, 3.63) is 75.7 Å². The van der Waals surface area contributed by atoms with E-state index in [-0.39, 0.29) is 22.6 Å². The molecule has 0 saturated heterocycles. The summed E-state index contributed by atoms with van der Waals surface area (Å²) >= 11 is 6.64. The maximum absolute atomic E-state index is 12.9. The van der Waals surface area contributed by atoms with Gasteiger partial charge >= 0.3 is 12.4 Å². The van der Waals surface area contributed by atoms with Gasteiger partial charge in [-0.25, -0.2) is 18.6 Å². The molecule has 3 aliphatic carbocycles. The summed E-state index contributed by atoms with van der Waals surface area (Å²) in [5.41, 5.74) is 3.71. The Kier molecular flexibility index (Phi) is 6.44. The highest BCUT2D eigenvalue weighted by atomic mass is 35.5. The first-order valence-electron chi connectivity index (χ1n) is 11.6. The standard InChI is InChI=1S/C24H22ClF6N3O3S/c1-2-34-21(37-15-6-4-14(5-7-15)24(29,30)31)19(25)20(32-34)13-3-8-16-17(11-13)18(16)22(9-10-22)33-38(35,36)12-23(26,27)28/h3-8,11,17,20,32-33H,2,9-10,12H2,1H3/t17-,20?/m0/s1. The number of benzene rings is 1. The molecule has 38 heavy (non-hydrogen) atoms. The quantitative estimate of drug-likeness (QED) is 0.416. The molecule has 4 aliphatic rings. The molecule has 6 nitrogen and oxygen atoms in total. The Morgan fingerprint density at radius 3 is 2.34 bits per heavy atom. The molecule has 14 heteroatoms. The second kappa shape index (κ2) is 9.04. The van der Waals surface area contributed by atoms with Gasteiger partial charge < -0.3 is 4.74 Å². The summed E-state index contributed by atoms with van der Waals surface area (Å²) in [7, 11) is -4.56. The Labute approximate surface area is 219 Å². The summed E-state index contributed by atoms with van der Waals surface area (Å²) in [6.45, 7) is 2.24. The van der Waals surface area contributed by atoms with Crippen molar-refractivity contribution in [2.45, 2.75) is 43.7 Å². The summed E-state index contributed by atoms with van der Waals surface area (Å²) < 4.78 is 109. The van der Waals surface area contributed by atoms with Crippen molar-refractivity contribution in [1.82, 2.24) is 15.2 Å². The first-order valence-corrected chi connectivity index (χ1v) is 13.7. The van der Waals surface area contributed by atoms with Crippen LogP contribution in [0.2, 0.25) is 0 Å². The number of fused-ring (bicyclic) bond motifs is 1. The SMILES string of the molecule is CCN1NC(C2=C[C@H]3C(=C3C3(NS(=O)(=O)CC(F)(F)F)CC3)C=C2)C(Cl)=C1Oc1ccc(C(F)(F)F)cc1. The fourth-order valence-electron chi connectivity index (χ4n) is 4.83. The summed E-state index contributed by atoms with van der Waals surface area (Å²) in [6.07, 6.45) is -3.04. The van der Waals surface area contributed by atoms with Crippen molar-refractivity contribution in [3.63, 3.8) is 0 Å². The van der Waals surface area contributed by atoms with Gasteiger partial charge in [-0.05, 0) is 60.8 Å². The van der Waals surface area contributed by atoms with Crippen molar-refractivity contribution in [1.29, 1.82) is 0 Å². The number of hydrazine groups is 1. The van der Waals surface area contributed by atoms with Crippen LogP contribution in [0.25, 0.3) is 0 Å². The average Bonchev–Trinajstić information content (AvgIpc) is 3.69. The second-order valence-electron chi connectivity index (χ2n) is 9.49. The zero-order valence-electron chi connectivity index (χ0n) is 19.8. The zero-order chi connectivity index (χ0) is 27.7. The summed E-state index contributed by atoms with van der Waals surface area (Å²) in [4.78, 5) is 0. The van der Waals surface area contributed by atoms with Crippen molar-refractivity contribution in [2.24, 2.45) is 5.92 Å². The first-order chi connectivity index (χ1) is 17.6. The fourth-order valence-corrected chi connectivity index (χ4v) is 6.56. The van der Waals surface area contributed by atoms with Gasteiger partial charge in [0.15, 0.2) is 5.75 Å². The highest BCUT2D eigenvalue weighted by molar-refractivity contribution is 7.89. The third-order valence-corrected chi connectivity index (χ3v) is 8.48. The summed E-state index contributed by atoms with van der Waals surface area (Å²) in [5.74, 6) is -1.78. The van der Waals surface area contributed by atoms with Gasteiger partial charge in [-0.1, -0.05) is 29.8 Å². The van der Waals surface area contributed by atoms with Gasteiger partial charge in [0, 0.05) is 12.5 Å². The summed E-state index contributed by atoms with van der Waals surface area (Å²) in [5, 5.41) is 1.88. The van der Waals surface area contributed by atoms with Crippen molar-refractivity contribution < 1.29 is 39.5 Å². The lowest BCUT2D eigenvalue weighted by molar-refractivity contribution is -0.137. The minimum Gasteiger partial charge on any atom is -0.438 e. The number of nitrogens with one attached hydrogen (secondary N) is 2. The number of rotatable bonds is 8. The lowest BCUT2D eigenvalue weighted by Crippen LogP contribution is -2.41. The van der Waals surface area contributed by atoms with Gasteiger partial charge in [0.05, 0.1) is 17.1 Å². The molecule has 206 valence electrons. The van der Waals surface area contributed by atoms with Crippen molar-refractivity contribution >= 4 is 21.6 Å². The number of hydrogen-bond acceptors (Lipinski definition) is 5. The molecular formula is C24H22ClF6N3O3S.